The van der Waals surface area contributed by atoms with Crippen LogP contribution in [0.1, 0.15) is 5.56 Å². The Labute approximate surface area is 81.0 Å². The normalized spacial score (nSPS) is 11.1. The predicted octanol–water partition coefficient (Wildman–Crippen LogP) is 2.48. The number of benzene rings is 1. The molecule has 0 aliphatic rings. The van der Waals surface area contributed by atoms with Crippen molar-refractivity contribution in [1.82, 2.24) is 0 Å². The Hall–Kier alpha value is -1.90. The summed E-state index contributed by atoms with van der Waals surface area (Å²) in [4.78, 5) is 10.8. The van der Waals surface area contributed by atoms with Crippen LogP contribution in [-0.4, -0.2) is 11.1 Å². The molecule has 1 aromatic rings. The zero-order valence-corrected chi connectivity index (χ0v) is 7.40. The van der Waals surface area contributed by atoms with Gasteiger partial charge in [-0.1, -0.05) is 24.8 Å². The second-order valence-corrected chi connectivity index (χ2v) is 2.63. The molecule has 1 N–H and O–H groups in total. The lowest BCUT2D eigenvalue weighted by Crippen LogP contribution is -1.99. The quantitative estimate of drug-likeness (QED) is 0.590. The molecule has 0 radical (unpaired) electrons. The summed E-state index contributed by atoms with van der Waals surface area (Å²) in [5.41, 5.74) is 0.358. The van der Waals surface area contributed by atoms with Crippen molar-refractivity contribution in [1.29, 1.82) is 0 Å². The van der Waals surface area contributed by atoms with E-state index in [1.54, 1.807) is 0 Å². The van der Waals surface area contributed by atoms with Crippen LogP contribution in [0.2, 0.25) is 0 Å². The highest BCUT2D eigenvalue weighted by molar-refractivity contribution is 6.15. The first-order valence-corrected chi connectivity index (χ1v) is 3.97. The molecule has 0 aliphatic heterocycles. The number of carbonyl (C=O) groups is 1. The lowest BCUT2D eigenvalue weighted by Gasteiger charge is -2.00. The first kappa shape index (κ1) is 10.2. The average molecular weight is 192 g/mol. The Kier molecular flexibility index (Phi) is 3.18. The fourth-order valence-corrected chi connectivity index (χ4v) is 1.06. The highest BCUT2D eigenvalue weighted by Crippen LogP contribution is 2.15. The van der Waals surface area contributed by atoms with E-state index >= 15 is 0 Å². The summed E-state index contributed by atoms with van der Waals surface area (Å²) in [7, 11) is 0. The predicted molar refractivity (Wildman–Crippen MR) is 52.2 cm³/mol. The standard InChI is InChI=1S/C11H9FO2/c1-2-4-10(11(13)14)8-5-3-6-9(12)7-8/h2-7H,1H2,(H,13,14). The van der Waals surface area contributed by atoms with Gasteiger partial charge in [0.1, 0.15) is 5.82 Å². The maximum Gasteiger partial charge on any atom is 0.336 e. The molecule has 0 heterocycles. The number of carboxylic acid groups (broad SMARTS) is 1. The van der Waals surface area contributed by atoms with Gasteiger partial charge in [0.05, 0.1) is 5.57 Å². The summed E-state index contributed by atoms with van der Waals surface area (Å²) >= 11 is 0. The lowest BCUT2D eigenvalue weighted by molar-refractivity contribution is -0.130. The molecule has 1 aromatic carbocycles. The lowest BCUT2D eigenvalue weighted by atomic mass is 10.1. The van der Waals surface area contributed by atoms with Gasteiger partial charge in [0, 0.05) is 0 Å². The molecule has 0 fully saturated rings. The van der Waals surface area contributed by atoms with Crippen molar-refractivity contribution in [2.75, 3.05) is 0 Å². The molecule has 0 atom stereocenters. The molecule has 3 heteroatoms. The number of halogens is 1. The number of aliphatic carboxylic acids is 1. The minimum Gasteiger partial charge on any atom is -0.478 e. The first-order valence-electron chi connectivity index (χ1n) is 3.97. The van der Waals surface area contributed by atoms with Crippen molar-refractivity contribution in [2.45, 2.75) is 0 Å². The molecule has 0 saturated heterocycles. The molecular weight excluding hydrogens is 183 g/mol. The summed E-state index contributed by atoms with van der Waals surface area (Å²) < 4.78 is 12.8. The molecule has 0 aromatic heterocycles. The van der Waals surface area contributed by atoms with Crippen LogP contribution in [0.15, 0.2) is 43.0 Å². The van der Waals surface area contributed by atoms with Gasteiger partial charge in [-0.3, -0.25) is 0 Å². The molecule has 0 aliphatic carbocycles. The third-order valence-corrected chi connectivity index (χ3v) is 1.65. The van der Waals surface area contributed by atoms with E-state index in [4.69, 9.17) is 5.11 Å². The molecule has 0 amide bonds. The minimum atomic E-state index is -1.10. The zero-order chi connectivity index (χ0) is 10.6. The maximum absolute atomic E-state index is 12.8. The van der Waals surface area contributed by atoms with E-state index in [1.807, 2.05) is 0 Å². The third kappa shape index (κ3) is 2.29. The fourth-order valence-electron chi connectivity index (χ4n) is 1.06. The Morgan fingerprint density at radius 3 is 2.71 bits per heavy atom. The Morgan fingerprint density at radius 1 is 1.50 bits per heavy atom. The van der Waals surface area contributed by atoms with Crippen molar-refractivity contribution in [3.05, 3.63) is 54.4 Å². The van der Waals surface area contributed by atoms with E-state index in [-0.39, 0.29) is 5.57 Å². The van der Waals surface area contributed by atoms with Gasteiger partial charge in [0.25, 0.3) is 0 Å². The highest BCUT2D eigenvalue weighted by Gasteiger charge is 2.09. The molecule has 0 spiro atoms. The Balaban J connectivity index is 3.18. The molecule has 0 saturated carbocycles. The summed E-state index contributed by atoms with van der Waals surface area (Å²) in [6.45, 7) is 3.40. The van der Waals surface area contributed by atoms with E-state index in [9.17, 15) is 9.18 Å². The van der Waals surface area contributed by atoms with Crippen LogP contribution in [0.3, 0.4) is 0 Å². The molecule has 1 rings (SSSR count). The number of carboxylic acids is 1. The van der Waals surface area contributed by atoms with Gasteiger partial charge in [-0.05, 0) is 23.8 Å². The zero-order valence-electron chi connectivity index (χ0n) is 7.40. The molecule has 72 valence electrons. The number of allylic oxidation sites excluding steroid dienone is 2. The number of hydrogen-bond donors (Lipinski definition) is 1. The molecular formula is C11H9FO2. The molecule has 0 bridgehead atoms. The highest BCUT2D eigenvalue weighted by atomic mass is 19.1. The van der Waals surface area contributed by atoms with Gasteiger partial charge in [-0.2, -0.15) is 0 Å². The first-order chi connectivity index (χ1) is 6.65. The Morgan fingerprint density at radius 2 is 2.21 bits per heavy atom. The average Bonchev–Trinajstić information content (AvgIpc) is 2.13. The summed E-state index contributed by atoms with van der Waals surface area (Å²) in [6, 6.07) is 5.43. The van der Waals surface area contributed by atoms with Crippen LogP contribution < -0.4 is 0 Å². The van der Waals surface area contributed by atoms with Crippen LogP contribution in [0.25, 0.3) is 5.57 Å². The van der Waals surface area contributed by atoms with Crippen molar-refractivity contribution in [2.24, 2.45) is 0 Å². The molecule has 2 nitrogen and oxygen atoms in total. The van der Waals surface area contributed by atoms with Crippen molar-refractivity contribution >= 4 is 11.5 Å². The van der Waals surface area contributed by atoms with E-state index < -0.39 is 11.8 Å². The van der Waals surface area contributed by atoms with E-state index in [0.717, 1.165) is 0 Å². The van der Waals surface area contributed by atoms with Gasteiger partial charge >= 0.3 is 5.97 Å². The van der Waals surface area contributed by atoms with Gasteiger partial charge in [-0.15, -0.1) is 0 Å². The van der Waals surface area contributed by atoms with Crippen molar-refractivity contribution in [3.63, 3.8) is 0 Å². The second-order valence-electron chi connectivity index (χ2n) is 2.63. The van der Waals surface area contributed by atoms with Crippen molar-refractivity contribution in [3.8, 4) is 0 Å². The summed E-state index contributed by atoms with van der Waals surface area (Å²) in [6.07, 6.45) is 2.69. The molecule has 14 heavy (non-hydrogen) atoms. The fraction of sp³-hybridized carbons (Fsp3) is 0. The van der Waals surface area contributed by atoms with Crippen molar-refractivity contribution < 1.29 is 14.3 Å². The van der Waals surface area contributed by atoms with Gasteiger partial charge < -0.3 is 5.11 Å². The topological polar surface area (TPSA) is 37.3 Å². The van der Waals surface area contributed by atoms with Crippen LogP contribution in [-0.2, 0) is 4.79 Å². The SMILES string of the molecule is C=CC=C(C(=O)O)c1cccc(F)c1. The monoisotopic (exact) mass is 192 g/mol. The van der Waals surface area contributed by atoms with E-state index in [2.05, 4.69) is 6.58 Å². The largest absolute Gasteiger partial charge is 0.478 e. The van der Waals surface area contributed by atoms with Gasteiger partial charge in [-0.25, -0.2) is 9.18 Å². The van der Waals surface area contributed by atoms with E-state index in [1.165, 1.54) is 36.4 Å². The van der Waals surface area contributed by atoms with Crippen LogP contribution >= 0.6 is 0 Å². The van der Waals surface area contributed by atoms with Crippen LogP contribution in [0.4, 0.5) is 4.39 Å². The maximum atomic E-state index is 12.8. The number of rotatable bonds is 3. The van der Waals surface area contributed by atoms with Crippen LogP contribution in [0.5, 0.6) is 0 Å². The number of hydrogen-bond acceptors (Lipinski definition) is 1. The third-order valence-electron chi connectivity index (χ3n) is 1.65. The molecule has 0 unspecified atom stereocenters. The van der Waals surface area contributed by atoms with E-state index in [0.29, 0.717) is 5.56 Å². The Bertz CT molecular complexity index is 394. The van der Waals surface area contributed by atoms with Crippen LogP contribution in [0, 0.1) is 5.82 Å². The summed E-state index contributed by atoms with van der Waals surface area (Å²) in [5, 5.41) is 8.81. The minimum absolute atomic E-state index is 0.0273. The van der Waals surface area contributed by atoms with Gasteiger partial charge in [0.15, 0.2) is 0 Å². The second kappa shape index (κ2) is 4.37. The van der Waals surface area contributed by atoms with Gasteiger partial charge in [0.2, 0.25) is 0 Å². The smallest absolute Gasteiger partial charge is 0.336 e. The summed E-state index contributed by atoms with van der Waals surface area (Å²) in [5.74, 6) is -1.56.